The summed E-state index contributed by atoms with van der Waals surface area (Å²) in [5.74, 6) is 1.14. The molecule has 0 saturated heterocycles. The van der Waals surface area contributed by atoms with E-state index in [9.17, 15) is 0 Å². The van der Waals surface area contributed by atoms with Gasteiger partial charge in [-0.15, -0.1) is 0 Å². The van der Waals surface area contributed by atoms with Crippen LogP contribution in [-0.4, -0.2) is 39.9 Å². The van der Waals surface area contributed by atoms with E-state index in [1.807, 2.05) is 48.5 Å². The average molecular weight is 635 g/mol. The highest BCUT2D eigenvalue weighted by Crippen LogP contribution is 2.49. The Labute approximate surface area is 269 Å². The van der Waals surface area contributed by atoms with Gasteiger partial charge in [0.2, 0.25) is 0 Å². The molecule has 9 rings (SSSR count). The first-order chi connectivity index (χ1) is 23.1. The fourth-order valence-corrected chi connectivity index (χ4v) is 6.40. The van der Waals surface area contributed by atoms with Crippen LogP contribution >= 0.6 is 0 Å². The van der Waals surface area contributed by atoms with Gasteiger partial charge in [-0.1, -0.05) is 48.5 Å². The van der Waals surface area contributed by atoms with Crippen molar-refractivity contribution >= 4 is 89.6 Å². The highest BCUT2D eigenvalue weighted by atomic mass is 15.1. The van der Waals surface area contributed by atoms with Crippen LogP contribution in [0.5, 0.6) is 0 Å². The van der Waals surface area contributed by atoms with Crippen molar-refractivity contribution in [2.24, 2.45) is 0 Å². The molecule has 0 amide bonds. The molecule has 0 saturated carbocycles. The summed E-state index contributed by atoms with van der Waals surface area (Å²) in [6, 6.07) is 15.3. The molecule has 16 heteroatoms. The highest BCUT2D eigenvalue weighted by molar-refractivity contribution is 6.22. The minimum absolute atomic E-state index is 0.0882. The zero-order chi connectivity index (χ0) is 33.2. The largest absolute Gasteiger partial charge is 0.396 e. The Morgan fingerprint density at radius 3 is 1.21 bits per heavy atom. The van der Waals surface area contributed by atoms with Gasteiger partial charge in [-0.3, -0.25) is 0 Å². The highest BCUT2D eigenvalue weighted by Gasteiger charge is 2.29. The number of nitrogen functional groups attached to an aromatic ring is 8. The molecule has 0 fully saturated rings. The molecule has 16 nitrogen and oxygen atoms in total. The van der Waals surface area contributed by atoms with Crippen molar-refractivity contribution in [3.8, 4) is 45.6 Å². The van der Waals surface area contributed by atoms with Gasteiger partial charge in [0.15, 0.2) is 23.3 Å². The quantitative estimate of drug-likeness (QED) is 0.107. The Morgan fingerprint density at radius 2 is 0.708 bits per heavy atom. The molecule has 2 aliphatic heterocycles. The normalized spacial score (nSPS) is 12.0. The lowest BCUT2D eigenvalue weighted by atomic mass is 10.0. The number of aromatic amines is 2. The van der Waals surface area contributed by atoms with E-state index in [0.717, 1.165) is 21.9 Å². The molecule has 0 spiro atoms. The third-order valence-corrected chi connectivity index (χ3v) is 8.85. The first-order valence-corrected chi connectivity index (χ1v) is 14.6. The topological polar surface area (TPSA) is 317 Å². The Bertz CT molecular complexity index is 2780. The van der Waals surface area contributed by atoms with Crippen LogP contribution in [0.4, 0.5) is 45.5 Å². The smallest absolute Gasteiger partial charge is 0.166 e. The summed E-state index contributed by atoms with van der Waals surface area (Å²) in [7, 11) is 0. The van der Waals surface area contributed by atoms with Crippen molar-refractivity contribution in [1.82, 2.24) is 39.9 Å². The number of H-pyrrole nitrogens is 2. The van der Waals surface area contributed by atoms with Gasteiger partial charge >= 0.3 is 0 Å². The molecule has 8 bridgehead atoms. The Kier molecular flexibility index (Phi) is 5.12. The predicted molar refractivity (Wildman–Crippen MR) is 191 cm³/mol. The third kappa shape index (κ3) is 3.41. The number of aromatic nitrogens is 8. The van der Waals surface area contributed by atoms with Crippen LogP contribution in [0, 0.1) is 0 Å². The zero-order valence-electron chi connectivity index (χ0n) is 24.9. The van der Waals surface area contributed by atoms with E-state index in [2.05, 4.69) is 9.97 Å². The second-order valence-corrected chi connectivity index (χ2v) is 11.5. The van der Waals surface area contributed by atoms with E-state index in [1.165, 1.54) is 0 Å². The van der Waals surface area contributed by atoms with Gasteiger partial charge in [0.05, 0.1) is 67.4 Å². The van der Waals surface area contributed by atoms with Crippen molar-refractivity contribution in [2.75, 3.05) is 45.9 Å². The molecular formula is C32H26N16. The number of nitrogens with zero attached hydrogens (tertiary/aromatic N) is 6. The molecule has 7 aromatic rings. The lowest BCUT2D eigenvalue weighted by Crippen LogP contribution is -2.07. The summed E-state index contributed by atoms with van der Waals surface area (Å²) in [5.41, 5.74) is 56.2. The number of rotatable bonds is 0. The van der Waals surface area contributed by atoms with Crippen molar-refractivity contribution in [1.29, 1.82) is 0 Å². The van der Waals surface area contributed by atoms with Gasteiger partial charge in [0.1, 0.15) is 22.6 Å². The number of nitrogens with two attached hydrogens (primary N) is 8. The van der Waals surface area contributed by atoms with Crippen LogP contribution in [0.2, 0.25) is 0 Å². The van der Waals surface area contributed by atoms with Crippen LogP contribution in [0.15, 0.2) is 48.5 Å². The molecule has 0 atom stereocenters. The predicted octanol–water partition coefficient (Wildman–Crippen LogP) is 3.53. The van der Waals surface area contributed by atoms with Gasteiger partial charge in [-0.25, -0.2) is 29.9 Å². The third-order valence-electron chi connectivity index (χ3n) is 8.85. The molecule has 234 valence electrons. The van der Waals surface area contributed by atoms with Crippen LogP contribution in [0.1, 0.15) is 0 Å². The summed E-state index contributed by atoms with van der Waals surface area (Å²) < 4.78 is 0. The van der Waals surface area contributed by atoms with E-state index in [4.69, 9.17) is 75.8 Å². The molecule has 0 radical (unpaired) electrons. The molecular weight excluding hydrogens is 608 g/mol. The second-order valence-electron chi connectivity index (χ2n) is 11.5. The van der Waals surface area contributed by atoms with Crippen LogP contribution in [0.25, 0.3) is 89.7 Å². The lowest BCUT2D eigenvalue weighted by Gasteiger charge is -2.13. The Balaban J connectivity index is 1.56. The SMILES string of the molecule is Nc1c(N)c(N)c2c(c1N)-c1nc-2nc2[nH]c(nc3nc(nc4[nH]c(n1)c1ccccc41)-c1ccccc1-3)c1c(N)c(N)c(N)c(N)c21. The molecule has 3 aromatic heterocycles. The summed E-state index contributed by atoms with van der Waals surface area (Å²) in [6.45, 7) is 0. The summed E-state index contributed by atoms with van der Waals surface area (Å²) in [4.78, 5) is 36.0. The maximum absolute atomic E-state index is 6.58. The zero-order valence-corrected chi connectivity index (χ0v) is 24.9. The van der Waals surface area contributed by atoms with Gasteiger partial charge < -0.3 is 55.8 Å². The number of benzene rings is 4. The fourth-order valence-electron chi connectivity index (χ4n) is 6.40. The summed E-state index contributed by atoms with van der Waals surface area (Å²) >= 11 is 0. The molecule has 2 aliphatic rings. The van der Waals surface area contributed by atoms with E-state index >= 15 is 0 Å². The van der Waals surface area contributed by atoms with E-state index in [1.54, 1.807) is 0 Å². The second kappa shape index (κ2) is 9.10. The first-order valence-electron chi connectivity index (χ1n) is 14.6. The molecule has 0 unspecified atom stereocenters. The number of nitrogens with one attached hydrogen (secondary N) is 2. The van der Waals surface area contributed by atoms with Crippen molar-refractivity contribution < 1.29 is 0 Å². The molecule has 5 heterocycles. The minimum Gasteiger partial charge on any atom is -0.396 e. The van der Waals surface area contributed by atoms with Gasteiger partial charge in [0.25, 0.3) is 0 Å². The minimum atomic E-state index is 0.0882. The number of anilines is 8. The molecule has 0 aliphatic carbocycles. The summed E-state index contributed by atoms with van der Waals surface area (Å²) in [6.07, 6.45) is 0. The monoisotopic (exact) mass is 634 g/mol. The van der Waals surface area contributed by atoms with E-state index in [-0.39, 0.29) is 68.4 Å². The number of hydrogen-bond acceptors (Lipinski definition) is 14. The van der Waals surface area contributed by atoms with E-state index < -0.39 is 0 Å². The van der Waals surface area contributed by atoms with Crippen molar-refractivity contribution in [2.45, 2.75) is 0 Å². The summed E-state index contributed by atoms with van der Waals surface area (Å²) in [5, 5.41) is 2.34. The average Bonchev–Trinajstić information content (AvgIpc) is 3.83. The Hall–Kier alpha value is -7.36. The van der Waals surface area contributed by atoms with E-state index in [0.29, 0.717) is 44.8 Å². The maximum atomic E-state index is 6.58. The first kappa shape index (κ1) is 27.0. The fraction of sp³-hybridized carbons (Fsp3) is 0. The number of fused-ring (bicyclic) bond motifs is 20. The van der Waals surface area contributed by atoms with Gasteiger partial charge in [-0.05, 0) is 0 Å². The molecule has 18 N–H and O–H groups in total. The van der Waals surface area contributed by atoms with Gasteiger partial charge in [-0.2, -0.15) is 0 Å². The molecule has 4 aromatic carbocycles. The van der Waals surface area contributed by atoms with Crippen LogP contribution < -0.4 is 45.9 Å². The van der Waals surface area contributed by atoms with Crippen molar-refractivity contribution in [3.05, 3.63) is 48.5 Å². The maximum Gasteiger partial charge on any atom is 0.166 e. The van der Waals surface area contributed by atoms with Crippen molar-refractivity contribution in [3.63, 3.8) is 0 Å². The van der Waals surface area contributed by atoms with Gasteiger partial charge in [0, 0.05) is 21.9 Å². The Morgan fingerprint density at radius 1 is 0.354 bits per heavy atom. The number of hydrogen-bond donors (Lipinski definition) is 10. The molecule has 48 heavy (non-hydrogen) atoms. The lowest BCUT2D eigenvalue weighted by molar-refractivity contribution is 1.19. The van der Waals surface area contributed by atoms with Crippen LogP contribution in [0.3, 0.4) is 0 Å². The standard InChI is InChI=1S/C32H26N16/c33-17-13-15(19(35)23(39)21(17)37)31-46-29(13)44-27-11-7-3-1-5-9(11)25(42-27)41-26-10-6-2-4-8-12(10)28(43-26)45-30-14-16(32(47-30)48-31)20(36)24(40)22(38)18(14)34/h1-8H,33-40H2,(H2,41,42,43,44,45,46,47,48). The van der Waals surface area contributed by atoms with Crippen LogP contribution in [-0.2, 0) is 0 Å².